The summed E-state index contributed by atoms with van der Waals surface area (Å²) < 4.78 is 2.38. The van der Waals surface area contributed by atoms with Gasteiger partial charge in [-0.05, 0) is 31.9 Å². The van der Waals surface area contributed by atoms with Gasteiger partial charge in [0.05, 0.1) is 21.7 Å². The molecule has 7 nitrogen and oxygen atoms in total. The number of likely N-dealkylation sites (tertiary alicyclic amines) is 1. The van der Waals surface area contributed by atoms with E-state index < -0.39 is 5.92 Å². The largest absolute Gasteiger partial charge is 0.293 e. The van der Waals surface area contributed by atoms with E-state index in [1.807, 2.05) is 24.3 Å². The Kier molecular flexibility index (Phi) is 4.38. The number of hydrogen-bond donors (Lipinski definition) is 1. The smallest absolute Gasteiger partial charge is 0.277 e. The third kappa shape index (κ3) is 2.93. The molecule has 0 spiro atoms. The number of fused-ring (bicyclic) bond motifs is 1. The molecule has 0 radical (unpaired) electrons. The lowest BCUT2D eigenvalue weighted by atomic mass is 9.94. The molecule has 0 unspecified atom stereocenters. The van der Waals surface area contributed by atoms with Crippen molar-refractivity contribution in [1.82, 2.24) is 19.7 Å². The van der Waals surface area contributed by atoms with Crippen molar-refractivity contribution in [3.05, 3.63) is 45.9 Å². The first-order chi connectivity index (χ1) is 14.0. The minimum Gasteiger partial charge on any atom is -0.293 e. The second-order valence-electron chi connectivity index (χ2n) is 7.91. The molecule has 8 heteroatoms. The number of aromatic amines is 1. The number of hydrogen-bond acceptors (Lipinski definition) is 5. The van der Waals surface area contributed by atoms with Gasteiger partial charge >= 0.3 is 0 Å². The van der Waals surface area contributed by atoms with Gasteiger partial charge in [0.15, 0.2) is 0 Å². The second-order valence-corrected chi connectivity index (χ2v) is 8.91. The van der Waals surface area contributed by atoms with Crippen molar-refractivity contribution < 1.29 is 9.59 Å². The Bertz CT molecular complexity index is 1140. The van der Waals surface area contributed by atoms with Crippen molar-refractivity contribution in [3.63, 3.8) is 0 Å². The molecule has 150 valence electrons. The van der Waals surface area contributed by atoms with E-state index in [9.17, 15) is 14.4 Å². The Hall–Kier alpha value is -2.74. The summed E-state index contributed by atoms with van der Waals surface area (Å²) in [7, 11) is 0. The van der Waals surface area contributed by atoms with E-state index in [2.05, 4.69) is 10.1 Å². The lowest BCUT2D eigenvalue weighted by Crippen LogP contribution is -2.41. The van der Waals surface area contributed by atoms with Crippen molar-refractivity contribution in [2.45, 2.75) is 57.4 Å². The number of benzene rings is 1. The van der Waals surface area contributed by atoms with E-state index in [0.29, 0.717) is 16.4 Å². The number of imide groups is 1. The third-order valence-corrected chi connectivity index (χ3v) is 7.08. The third-order valence-electron chi connectivity index (χ3n) is 6.06. The number of thiazole rings is 1. The van der Waals surface area contributed by atoms with Crippen molar-refractivity contribution in [2.75, 3.05) is 0 Å². The highest BCUT2D eigenvalue weighted by Gasteiger charge is 2.45. The van der Waals surface area contributed by atoms with Crippen LogP contribution in [-0.2, 0) is 9.59 Å². The molecule has 1 aliphatic heterocycles. The van der Waals surface area contributed by atoms with Crippen LogP contribution in [0.15, 0.2) is 29.1 Å². The average molecular weight is 410 g/mol. The van der Waals surface area contributed by atoms with Crippen LogP contribution < -0.4 is 5.56 Å². The van der Waals surface area contributed by atoms with Gasteiger partial charge < -0.3 is 0 Å². The van der Waals surface area contributed by atoms with Crippen LogP contribution >= 0.6 is 11.3 Å². The number of nitrogens with one attached hydrogen (secondary N) is 1. The van der Waals surface area contributed by atoms with Gasteiger partial charge in [0, 0.05) is 18.2 Å². The van der Waals surface area contributed by atoms with Crippen LogP contribution in [0.5, 0.6) is 0 Å². The van der Waals surface area contributed by atoms with E-state index in [1.165, 1.54) is 20.9 Å². The maximum Gasteiger partial charge on any atom is 0.277 e. The summed E-state index contributed by atoms with van der Waals surface area (Å²) in [5.41, 5.74) is 1.54. The second kappa shape index (κ2) is 6.95. The Morgan fingerprint density at radius 3 is 2.62 bits per heavy atom. The van der Waals surface area contributed by atoms with Crippen LogP contribution in [0, 0.1) is 6.92 Å². The molecule has 2 aromatic heterocycles. The number of nitrogens with zero attached hydrogens (tertiary/aromatic N) is 3. The fourth-order valence-corrected chi connectivity index (χ4v) is 5.59. The Morgan fingerprint density at radius 2 is 1.86 bits per heavy atom. The number of carbonyl (C=O) groups is 2. The lowest BCUT2D eigenvalue weighted by molar-refractivity contribution is -0.142. The standard InChI is InChI=1S/C21H22N4O3S/c1-12-18(14-11-17(26)24(19(14)27)13-7-3-2-4-8-13)20(28)25(23-12)21-22-15-9-5-6-10-16(15)29-21/h5-6,9-10,13-14,23H,2-4,7-8,11H2,1H3/t14-/m1/s1. The van der Waals surface area contributed by atoms with Crippen molar-refractivity contribution in [1.29, 1.82) is 0 Å². The molecule has 2 fully saturated rings. The van der Waals surface area contributed by atoms with E-state index >= 15 is 0 Å². The first kappa shape index (κ1) is 18.3. The molecular weight excluding hydrogens is 388 g/mol. The number of amides is 2. The van der Waals surface area contributed by atoms with Gasteiger partial charge in [-0.2, -0.15) is 4.68 Å². The molecule has 1 aliphatic carbocycles. The topological polar surface area (TPSA) is 88.1 Å². The Morgan fingerprint density at radius 1 is 1.10 bits per heavy atom. The first-order valence-electron chi connectivity index (χ1n) is 10.1. The molecule has 2 amide bonds. The van der Waals surface area contributed by atoms with E-state index in [1.54, 1.807) is 6.92 Å². The number of rotatable bonds is 3. The van der Waals surface area contributed by atoms with Gasteiger partial charge in [-0.25, -0.2) is 4.98 Å². The molecule has 5 rings (SSSR count). The predicted octanol–water partition coefficient (Wildman–Crippen LogP) is 3.26. The van der Waals surface area contributed by atoms with Crippen LogP contribution in [0.2, 0.25) is 0 Å². The fourth-order valence-electron chi connectivity index (χ4n) is 4.66. The number of para-hydroxylation sites is 1. The monoisotopic (exact) mass is 410 g/mol. The van der Waals surface area contributed by atoms with Gasteiger partial charge in [-0.3, -0.25) is 24.4 Å². The molecular formula is C21H22N4O3S. The highest BCUT2D eigenvalue weighted by molar-refractivity contribution is 7.20. The average Bonchev–Trinajstić information content (AvgIpc) is 3.36. The molecule has 1 saturated carbocycles. The van der Waals surface area contributed by atoms with E-state index in [-0.39, 0.29) is 29.8 Å². The molecule has 2 aliphatic rings. The molecule has 1 atom stereocenters. The molecule has 0 bridgehead atoms. The maximum absolute atomic E-state index is 13.2. The van der Waals surface area contributed by atoms with E-state index in [4.69, 9.17) is 0 Å². The molecule has 1 saturated heterocycles. The van der Waals surface area contributed by atoms with Crippen LogP contribution in [0.4, 0.5) is 0 Å². The summed E-state index contributed by atoms with van der Waals surface area (Å²) in [6.45, 7) is 1.78. The summed E-state index contributed by atoms with van der Waals surface area (Å²) >= 11 is 1.41. The zero-order valence-electron chi connectivity index (χ0n) is 16.2. The summed E-state index contributed by atoms with van der Waals surface area (Å²) in [4.78, 5) is 45.0. The fraction of sp³-hybridized carbons (Fsp3) is 0.429. The lowest BCUT2D eigenvalue weighted by Gasteiger charge is -2.29. The SMILES string of the molecule is Cc1[nH]n(-c2nc3ccccc3s2)c(=O)c1[C@H]1CC(=O)N(C2CCCCC2)C1=O. The van der Waals surface area contributed by atoms with Crippen LogP contribution in [0.1, 0.15) is 55.7 Å². The number of aromatic nitrogens is 3. The summed E-state index contributed by atoms with van der Waals surface area (Å²) in [6, 6.07) is 7.68. The van der Waals surface area contributed by atoms with Crippen molar-refractivity contribution >= 4 is 33.4 Å². The van der Waals surface area contributed by atoms with Crippen LogP contribution in [0.25, 0.3) is 15.3 Å². The Balaban J connectivity index is 1.51. The molecule has 1 aromatic carbocycles. The van der Waals surface area contributed by atoms with Gasteiger partial charge in [-0.1, -0.05) is 42.7 Å². The van der Waals surface area contributed by atoms with Crippen LogP contribution in [0.3, 0.4) is 0 Å². The molecule has 1 N–H and O–H groups in total. The number of aryl methyl sites for hydroxylation is 1. The summed E-state index contributed by atoms with van der Waals surface area (Å²) in [6.07, 6.45) is 5.04. The van der Waals surface area contributed by atoms with Gasteiger partial charge in [-0.15, -0.1) is 0 Å². The van der Waals surface area contributed by atoms with Gasteiger partial charge in [0.25, 0.3) is 5.56 Å². The van der Waals surface area contributed by atoms with Crippen molar-refractivity contribution in [2.24, 2.45) is 0 Å². The summed E-state index contributed by atoms with van der Waals surface area (Å²) in [5.74, 6) is -1.08. The minimum absolute atomic E-state index is 0.0144. The summed E-state index contributed by atoms with van der Waals surface area (Å²) in [5, 5.41) is 3.60. The van der Waals surface area contributed by atoms with Crippen molar-refractivity contribution in [3.8, 4) is 5.13 Å². The zero-order chi connectivity index (χ0) is 20.1. The normalized spacial score (nSPS) is 20.9. The highest BCUT2D eigenvalue weighted by atomic mass is 32.1. The maximum atomic E-state index is 13.2. The zero-order valence-corrected chi connectivity index (χ0v) is 17.0. The first-order valence-corrected chi connectivity index (χ1v) is 10.9. The number of H-pyrrole nitrogens is 1. The quantitative estimate of drug-likeness (QED) is 0.672. The predicted molar refractivity (Wildman–Crippen MR) is 110 cm³/mol. The molecule has 29 heavy (non-hydrogen) atoms. The molecule has 3 heterocycles. The minimum atomic E-state index is -0.705. The van der Waals surface area contributed by atoms with Gasteiger partial charge in [0.2, 0.25) is 16.9 Å². The van der Waals surface area contributed by atoms with Gasteiger partial charge in [0.1, 0.15) is 0 Å². The highest BCUT2D eigenvalue weighted by Crippen LogP contribution is 2.35. The van der Waals surface area contributed by atoms with Crippen LogP contribution in [-0.4, -0.2) is 37.5 Å². The number of carbonyl (C=O) groups excluding carboxylic acids is 2. The molecule has 3 aromatic rings. The Labute approximate surface area is 171 Å². The van der Waals surface area contributed by atoms with E-state index in [0.717, 1.165) is 42.3 Å².